The monoisotopic (exact) mass is 274 g/mol. The van der Waals surface area contributed by atoms with Crippen LogP contribution in [0.25, 0.3) is 0 Å². The summed E-state index contributed by atoms with van der Waals surface area (Å²) >= 11 is 4.40. The summed E-state index contributed by atoms with van der Waals surface area (Å²) in [6.45, 7) is 0. The summed E-state index contributed by atoms with van der Waals surface area (Å²) in [4.78, 5) is 19.7. The number of hydrogen-bond acceptors (Lipinski definition) is 5. The number of nitrogens with two attached hydrogens (primary N) is 1. The third kappa shape index (κ3) is 3.45. The van der Waals surface area contributed by atoms with Crippen molar-refractivity contribution in [1.82, 2.24) is 9.97 Å². The van der Waals surface area contributed by atoms with Crippen LogP contribution >= 0.6 is 12.6 Å². The van der Waals surface area contributed by atoms with Gasteiger partial charge in [0.2, 0.25) is 5.91 Å². The number of benzene rings is 1. The number of nitrogens with zero attached hydrogens (tertiary/aromatic N) is 2. The Hall–Kier alpha value is -2.08. The smallest absolute Gasteiger partial charge is 0.231 e. The van der Waals surface area contributed by atoms with E-state index in [4.69, 9.17) is 5.73 Å². The molecule has 5 nitrogen and oxygen atoms in total. The third-order valence-electron chi connectivity index (χ3n) is 2.57. The fourth-order valence-corrected chi connectivity index (χ4v) is 2.11. The lowest BCUT2D eigenvalue weighted by Crippen LogP contribution is -2.34. The molecule has 1 aromatic heterocycles. The normalized spacial score (nSPS) is 13.5. The van der Waals surface area contributed by atoms with E-state index >= 15 is 0 Å². The van der Waals surface area contributed by atoms with Crippen LogP contribution in [-0.4, -0.2) is 21.2 Å². The topological polar surface area (TPSA) is 80.9 Å². The third-order valence-corrected chi connectivity index (χ3v) is 3.00. The SMILES string of the molecule is NC(=O)C(c1ncccn1)C(S)Nc1ccccc1. The van der Waals surface area contributed by atoms with Gasteiger partial charge in [0.05, 0.1) is 5.37 Å². The van der Waals surface area contributed by atoms with Crippen LogP contribution in [0.3, 0.4) is 0 Å². The molecular weight excluding hydrogens is 260 g/mol. The number of aromatic nitrogens is 2. The molecule has 1 aromatic carbocycles. The maximum Gasteiger partial charge on any atom is 0.231 e. The zero-order valence-electron chi connectivity index (χ0n) is 10.1. The molecule has 0 saturated heterocycles. The van der Waals surface area contributed by atoms with Gasteiger partial charge in [-0.15, -0.1) is 0 Å². The van der Waals surface area contributed by atoms with Crippen molar-refractivity contribution in [2.45, 2.75) is 11.3 Å². The van der Waals surface area contributed by atoms with Crippen molar-refractivity contribution >= 4 is 24.2 Å². The van der Waals surface area contributed by atoms with Crippen molar-refractivity contribution in [3.8, 4) is 0 Å². The van der Waals surface area contributed by atoms with E-state index in [1.807, 2.05) is 30.3 Å². The van der Waals surface area contributed by atoms with Crippen molar-refractivity contribution < 1.29 is 4.79 Å². The van der Waals surface area contributed by atoms with E-state index in [-0.39, 0.29) is 0 Å². The van der Waals surface area contributed by atoms with E-state index in [1.54, 1.807) is 18.5 Å². The van der Waals surface area contributed by atoms with Gasteiger partial charge in [-0.1, -0.05) is 18.2 Å². The number of primary amides is 1. The Labute approximate surface area is 116 Å². The van der Waals surface area contributed by atoms with Crippen molar-refractivity contribution in [2.24, 2.45) is 5.73 Å². The molecule has 0 bridgehead atoms. The Morgan fingerprint density at radius 1 is 1.16 bits per heavy atom. The molecule has 0 saturated carbocycles. The van der Waals surface area contributed by atoms with Gasteiger partial charge in [0.25, 0.3) is 0 Å². The van der Waals surface area contributed by atoms with E-state index in [9.17, 15) is 4.79 Å². The molecule has 0 fully saturated rings. The number of hydrogen-bond donors (Lipinski definition) is 3. The fourth-order valence-electron chi connectivity index (χ4n) is 1.68. The van der Waals surface area contributed by atoms with Crippen LogP contribution in [0.5, 0.6) is 0 Å². The molecule has 3 N–H and O–H groups in total. The Kier molecular flexibility index (Phi) is 4.35. The van der Waals surface area contributed by atoms with E-state index in [0.717, 1.165) is 5.69 Å². The second kappa shape index (κ2) is 6.19. The van der Waals surface area contributed by atoms with E-state index < -0.39 is 17.2 Å². The molecule has 2 atom stereocenters. The minimum Gasteiger partial charge on any atom is -0.372 e. The predicted molar refractivity (Wildman–Crippen MR) is 76.8 cm³/mol. The molecule has 0 spiro atoms. The second-order valence-corrected chi connectivity index (χ2v) is 4.50. The lowest BCUT2D eigenvalue weighted by atomic mass is 10.1. The molecular formula is C13H14N4OS. The fraction of sp³-hybridized carbons (Fsp3) is 0.154. The van der Waals surface area contributed by atoms with Crippen LogP contribution in [0.15, 0.2) is 48.8 Å². The summed E-state index contributed by atoms with van der Waals surface area (Å²) in [5.74, 6) is -0.863. The first kappa shape index (κ1) is 13.4. The average Bonchev–Trinajstić information content (AvgIpc) is 2.40. The molecule has 1 heterocycles. The number of carbonyl (C=O) groups excluding carboxylic acids is 1. The number of para-hydroxylation sites is 1. The summed E-state index contributed by atoms with van der Waals surface area (Å²) in [5, 5.41) is 2.61. The number of thiol groups is 1. The van der Waals surface area contributed by atoms with Gasteiger partial charge in [0.1, 0.15) is 11.7 Å². The summed E-state index contributed by atoms with van der Waals surface area (Å²) < 4.78 is 0. The quantitative estimate of drug-likeness (QED) is 0.569. The summed E-state index contributed by atoms with van der Waals surface area (Å²) in [6.07, 6.45) is 3.14. The van der Waals surface area contributed by atoms with Gasteiger partial charge in [-0.05, 0) is 18.2 Å². The molecule has 0 aliphatic heterocycles. The predicted octanol–water partition coefficient (Wildman–Crippen LogP) is 1.41. The minimum atomic E-state index is -0.704. The lowest BCUT2D eigenvalue weighted by Gasteiger charge is -2.21. The van der Waals surface area contributed by atoms with Gasteiger partial charge in [-0.3, -0.25) is 4.79 Å². The standard InChI is InChI=1S/C13H14N4OS/c14-11(18)10(12-15-7-4-8-16-12)13(19)17-9-5-2-1-3-6-9/h1-8,10,13,17,19H,(H2,14,18). The average molecular weight is 274 g/mol. The molecule has 0 aliphatic carbocycles. The highest BCUT2D eigenvalue weighted by atomic mass is 32.1. The van der Waals surface area contributed by atoms with Gasteiger partial charge in [-0.2, -0.15) is 12.6 Å². The molecule has 98 valence electrons. The summed E-state index contributed by atoms with van der Waals surface area (Å²) in [5.41, 5.74) is 6.27. The van der Waals surface area contributed by atoms with Crippen molar-refractivity contribution in [3.63, 3.8) is 0 Å². The van der Waals surface area contributed by atoms with Gasteiger partial charge in [0.15, 0.2) is 0 Å². The van der Waals surface area contributed by atoms with E-state index in [1.165, 1.54) is 0 Å². The van der Waals surface area contributed by atoms with Crippen LogP contribution in [0.2, 0.25) is 0 Å². The van der Waals surface area contributed by atoms with Gasteiger partial charge in [-0.25, -0.2) is 9.97 Å². The first-order chi connectivity index (χ1) is 9.18. The first-order valence-corrected chi connectivity index (χ1v) is 6.26. The van der Waals surface area contributed by atoms with Gasteiger partial charge < -0.3 is 11.1 Å². The molecule has 2 aromatic rings. The van der Waals surface area contributed by atoms with Crippen LogP contribution < -0.4 is 11.1 Å². The number of rotatable bonds is 5. The molecule has 19 heavy (non-hydrogen) atoms. The van der Waals surface area contributed by atoms with Crippen molar-refractivity contribution in [2.75, 3.05) is 5.32 Å². The van der Waals surface area contributed by atoms with Crippen molar-refractivity contribution in [3.05, 3.63) is 54.6 Å². The zero-order valence-corrected chi connectivity index (χ0v) is 11.0. The highest BCUT2D eigenvalue weighted by Crippen LogP contribution is 2.22. The highest BCUT2D eigenvalue weighted by Gasteiger charge is 2.28. The number of nitrogens with one attached hydrogen (secondary N) is 1. The van der Waals surface area contributed by atoms with Crippen LogP contribution in [0, 0.1) is 0 Å². The minimum absolute atomic E-state index is 0.360. The maximum atomic E-state index is 11.6. The van der Waals surface area contributed by atoms with Crippen LogP contribution in [-0.2, 0) is 4.79 Å². The second-order valence-electron chi connectivity index (χ2n) is 3.94. The Balaban J connectivity index is 2.18. The van der Waals surface area contributed by atoms with E-state index in [0.29, 0.717) is 5.82 Å². The van der Waals surface area contributed by atoms with Gasteiger partial charge >= 0.3 is 0 Å². The maximum absolute atomic E-state index is 11.6. The largest absolute Gasteiger partial charge is 0.372 e. The highest BCUT2D eigenvalue weighted by molar-refractivity contribution is 7.81. The molecule has 6 heteroatoms. The van der Waals surface area contributed by atoms with Crippen LogP contribution in [0.4, 0.5) is 5.69 Å². The molecule has 2 unspecified atom stereocenters. The molecule has 0 radical (unpaired) electrons. The zero-order chi connectivity index (χ0) is 13.7. The molecule has 1 amide bonds. The summed E-state index contributed by atoms with van der Waals surface area (Å²) in [6, 6.07) is 11.1. The molecule has 0 aliphatic rings. The Morgan fingerprint density at radius 3 is 2.37 bits per heavy atom. The number of amides is 1. The Morgan fingerprint density at radius 2 is 1.79 bits per heavy atom. The van der Waals surface area contributed by atoms with E-state index in [2.05, 4.69) is 27.9 Å². The molecule has 2 rings (SSSR count). The number of anilines is 1. The summed E-state index contributed by atoms with van der Waals surface area (Å²) in [7, 11) is 0. The number of carbonyl (C=O) groups is 1. The first-order valence-electron chi connectivity index (χ1n) is 5.74. The lowest BCUT2D eigenvalue weighted by molar-refractivity contribution is -0.119. The van der Waals surface area contributed by atoms with Crippen LogP contribution in [0.1, 0.15) is 11.7 Å². The van der Waals surface area contributed by atoms with Crippen molar-refractivity contribution in [1.29, 1.82) is 0 Å². The Bertz CT molecular complexity index is 535. The van der Waals surface area contributed by atoms with Gasteiger partial charge in [0, 0.05) is 18.1 Å².